The van der Waals surface area contributed by atoms with Crippen molar-refractivity contribution in [1.82, 2.24) is 4.90 Å². The van der Waals surface area contributed by atoms with Gasteiger partial charge in [0.1, 0.15) is 0 Å². The van der Waals surface area contributed by atoms with Gasteiger partial charge in [0, 0.05) is 18.4 Å². The van der Waals surface area contributed by atoms with Crippen LogP contribution in [0.15, 0.2) is 0 Å². The van der Waals surface area contributed by atoms with Gasteiger partial charge in [0.05, 0.1) is 0 Å². The van der Waals surface area contributed by atoms with Crippen LogP contribution in [0, 0.1) is 17.9 Å². The average molecular weight is 212 g/mol. The summed E-state index contributed by atoms with van der Waals surface area (Å²) in [5, 5.41) is 19.0. The maximum absolute atomic E-state index is 9.48. The van der Waals surface area contributed by atoms with Gasteiger partial charge >= 0.3 is 0 Å². The first-order chi connectivity index (χ1) is 7.00. The minimum atomic E-state index is -1.30. The Morgan fingerprint density at radius 3 is 2.80 bits per heavy atom. The maximum Gasteiger partial charge on any atom is 0.215 e. The number of aliphatic hydroxyl groups excluding tert-OH is 1. The molecule has 1 heterocycles. The van der Waals surface area contributed by atoms with Gasteiger partial charge in [-0.2, -0.15) is 0 Å². The van der Waals surface area contributed by atoms with Crippen LogP contribution >= 0.6 is 0 Å². The quantitative estimate of drug-likeness (QED) is 0.531. The zero-order valence-corrected chi connectivity index (χ0v) is 9.48. The molecule has 0 saturated carbocycles. The van der Waals surface area contributed by atoms with Gasteiger partial charge in [0.15, 0.2) is 6.29 Å². The second-order valence-corrected chi connectivity index (χ2v) is 4.77. The second kappa shape index (κ2) is 4.93. The summed E-state index contributed by atoms with van der Waals surface area (Å²) in [6.07, 6.45) is 0.419. The molecule has 4 heteroatoms. The zero-order chi connectivity index (χ0) is 11.5. The third-order valence-corrected chi connectivity index (χ3v) is 3.58. The molecular formula is C11H20N2O2. The highest BCUT2D eigenvalue weighted by Gasteiger charge is 2.43. The predicted molar refractivity (Wildman–Crippen MR) is 58.0 cm³/mol. The fourth-order valence-electron chi connectivity index (χ4n) is 2.48. The minimum absolute atomic E-state index is 0.239. The molecule has 0 aromatic rings. The summed E-state index contributed by atoms with van der Waals surface area (Å²) in [5.41, 5.74) is -0.488. The molecule has 2 N–H and O–H groups in total. The number of nitrogens with zero attached hydrogens (tertiary/aromatic N) is 2. The fraction of sp³-hybridized carbons (Fsp3) is 0.909. The predicted octanol–water partition coefficient (Wildman–Crippen LogP) is 0.564. The van der Waals surface area contributed by atoms with Crippen molar-refractivity contribution >= 4 is 0 Å². The molecule has 0 bridgehead atoms. The van der Waals surface area contributed by atoms with E-state index in [1.165, 1.54) is 0 Å². The van der Waals surface area contributed by atoms with Crippen LogP contribution in [0.2, 0.25) is 0 Å². The Labute approximate surface area is 91.3 Å². The zero-order valence-electron chi connectivity index (χ0n) is 9.48. The van der Waals surface area contributed by atoms with Crippen molar-refractivity contribution < 1.29 is 10.2 Å². The van der Waals surface area contributed by atoms with Crippen molar-refractivity contribution in [3.63, 3.8) is 0 Å². The first-order valence-corrected chi connectivity index (χ1v) is 5.38. The Kier molecular flexibility index (Phi) is 4.09. The molecule has 86 valence electrons. The molecule has 1 fully saturated rings. The topological polar surface area (TPSA) is 48.1 Å². The number of hydrogen-bond acceptors (Lipinski definition) is 3. The van der Waals surface area contributed by atoms with Crippen LogP contribution in [0.1, 0.15) is 19.8 Å². The van der Waals surface area contributed by atoms with Crippen molar-refractivity contribution in [2.75, 3.05) is 26.7 Å². The number of piperidine rings is 1. The Morgan fingerprint density at radius 2 is 2.27 bits per heavy atom. The summed E-state index contributed by atoms with van der Waals surface area (Å²) in [4.78, 5) is 5.47. The van der Waals surface area contributed by atoms with Gasteiger partial charge < -0.3 is 20.0 Å². The molecule has 2 unspecified atom stereocenters. The first-order valence-electron chi connectivity index (χ1n) is 5.38. The average Bonchev–Trinajstić information content (AvgIpc) is 2.16. The highest BCUT2D eigenvalue weighted by molar-refractivity contribution is 4.91. The summed E-state index contributed by atoms with van der Waals surface area (Å²) >= 11 is 0. The van der Waals surface area contributed by atoms with Gasteiger partial charge in [-0.1, -0.05) is 6.92 Å². The Morgan fingerprint density at radius 1 is 1.60 bits per heavy atom. The molecule has 4 nitrogen and oxygen atoms in total. The fourth-order valence-corrected chi connectivity index (χ4v) is 2.48. The molecule has 1 saturated heterocycles. The monoisotopic (exact) mass is 212 g/mol. The maximum atomic E-state index is 9.48. The molecule has 1 aliphatic rings. The lowest BCUT2D eigenvalue weighted by Crippen LogP contribution is -2.52. The molecule has 0 spiro atoms. The van der Waals surface area contributed by atoms with Crippen molar-refractivity contribution in [2.45, 2.75) is 26.1 Å². The van der Waals surface area contributed by atoms with E-state index in [1.807, 2.05) is 14.0 Å². The van der Waals surface area contributed by atoms with Crippen LogP contribution in [0.4, 0.5) is 0 Å². The molecule has 1 aliphatic heterocycles. The summed E-state index contributed by atoms with van der Waals surface area (Å²) in [6, 6.07) is 0. The smallest absolute Gasteiger partial charge is 0.215 e. The van der Waals surface area contributed by atoms with Crippen LogP contribution in [-0.2, 0) is 0 Å². The summed E-state index contributed by atoms with van der Waals surface area (Å²) in [7, 11) is 1.99. The van der Waals surface area contributed by atoms with E-state index in [0.717, 1.165) is 19.4 Å². The number of likely N-dealkylation sites (tertiary alicyclic amines) is 1. The first kappa shape index (κ1) is 12.4. The van der Waals surface area contributed by atoms with E-state index >= 15 is 0 Å². The van der Waals surface area contributed by atoms with E-state index in [4.69, 9.17) is 6.57 Å². The molecular weight excluding hydrogens is 192 g/mol. The molecule has 0 amide bonds. The van der Waals surface area contributed by atoms with Crippen LogP contribution in [-0.4, -0.2) is 48.1 Å². The molecule has 15 heavy (non-hydrogen) atoms. The largest absolute Gasteiger partial charge is 0.368 e. The third kappa shape index (κ3) is 2.69. The van der Waals surface area contributed by atoms with Gasteiger partial charge in [-0.05, 0) is 25.9 Å². The normalized spacial score (nSPS) is 32.9. The van der Waals surface area contributed by atoms with Crippen LogP contribution < -0.4 is 0 Å². The molecule has 0 aromatic carbocycles. The van der Waals surface area contributed by atoms with E-state index < -0.39 is 11.7 Å². The van der Waals surface area contributed by atoms with Gasteiger partial charge in [0.25, 0.3) is 0 Å². The van der Waals surface area contributed by atoms with Gasteiger partial charge in [-0.3, -0.25) is 0 Å². The Balaban J connectivity index is 2.71. The second-order valence-electron chi connectivity index (χ2n) is 4.77. The molecule has 0 radical (unpaired) electrons. The van der Waals surface area contributed by atoms with Gasteiger partial charge in [0.2, 0.25) is 6.54 Å². The Hall–Kier alpha value is -0.630. The summed E-state index contributed by atoms with van der Waals surface area (Å²) < 4.78 is 0. The van der Waals surface area contributed by atoms with Gasteiger partial charge in [-0.25, -0.2) is 6.57 Å². The highest BCUT2D eigenvalue weighted by Crippen LogP contribution is 2.39. The number of aliphatic hydroxyl groups is 2. The third-order valence-electron chi connectivity index (χ3n) is 3.58. The SMILES string of the molecule is [C-]#[N+]CCC1CCN(C)CC1(C)C(O)O. The number of hydrogen-bond donors (Lipinski definition) is 2. The molecule has 2 atom stereocenters. The highest BCUT2D eigenvalue weighted by atomic mass is 16.5. The molecule has 0 aliphatic carbocycles. The van der Waals surface area contributed by atoms with Gasteiger partial charge in [-0.15, -0.1) is 0 Å². The number of rotatable bonds is 3. The van der Waals surface area contributed by atoms with Crippen LogP contribution in [0.25, 0.3) is 4.85 Å². The molecule has 1 rings (SSSR count). The van der Waals surface area contributed by atoms with Crippen molar-refractivity contribution in [3.05, 3.63) is 11.4 Å². The lowest BCUT2D eigenvalue weighted by Gasteiger charge is -2.45. The lowest BCUT2D eigenvalue weighted by atomic mass is 9.70. The van der Waals surface area contributed by atoms with E-state index in [0.29, 0.717) is 13.1 Å². The van der Waals surface area contributed by atoms with E-state index in [9.17, 15) is 10.2 Å². The summed E-state index contributed by atoms with van der Waals surface area (Å²) in [6.45, 7) is 10.8. The molecule has 0 aromatic heterocycles. The van der Waals surface area contributed by atoms with Crippen molar-refractivity contribution in [2.24, 2.45) is 11.3 Å². The van der Waals surface area contributed by atoms with E-state index in [-0.39, 0.29) is 5.92 Å². The lowest BCUT2D eigenvalue weighted by molar-refractivity contribution is -0.171. The van der Waals surface area contributed by atoms with Crippen LogP contribution in [0.3, 0.4) is 0 Å². The van der Waals surface area contributed by atoms with E-state index in [2.05, 4.69) is 9.74 Å². The Bertz CT molecular complexity index is 249. The van der Waals surface area contributed by atoms with Crippen molar-refractivity contribution in [3.8, 4) is 0 Å². The standard InChI is InChI=1S/C11H20N2O2/c1-11(10(14)15)8-13(3)7-5-9(11)4-6-12-2/h9-10,14-15H,4-8H2,1,3H3. The summed E-state index contributed by atoms with van der Waals surface area (Å²) in [5.74, 6) is 0.239. The van der Waals surface area contributed by atoms with E-state index in [1.54, 1.807) is 0 Å². The van der Waals surface area contributed by atoms with Crippen LogP contribution in [0.5, 0.6) is 0 Å². The minimum Gasteiger partial charge on any atom is -0.368 e. The van der Waals surface area contributed by atoms with Crippen molar-refractivity contribution in [1.29, 1.82) is 0 Å².